The number of hydrogen-bond acceptors (Lipinski definition) is 2. The van der Waals surface area contributed by atoms with Gasteiger partial charge in [-0.05, 0) is 19.9 Å². The summed E-state index contributed by atoms with van der Waals surface area (Å²) in [4.78, 5) is 0. The Hall–Kier alpha value is -0.760. The van der Waals surface area contributed by atoms with Crippen LogP contribution >= 0.6 is 0 Å². The van der Waals surface area contributed by atoms with Gasteiger partial charge in [-0.3, -0.25) is 0 Å². The zero-order valence-electron chi connectivity index (χ0n) is 5.89. The van der Waals surface area contributed by atoms with E-state index >= 15 is 0 Å². The highest BCUT2D eigenvalue weighted by Crippen LogP contribution is 1.88. The predicted octanol–water partition coefficient (Wildman–Crippen LogP) is 1.01. The van der Waals surface area contributed by atoms with E-state index < -0.39 is 0 Å². The first-order valence-corrected chi connectivity index (χ1v) is 2.99. The van der Waals surface area contributed by atoms with Crippen LogP contribution in [0.3, 0.4) is 0 Å². The third-order valence-electron chi connectivity index (χ3n) is 0.940. The highest BCUT2D eigenvalue weighted by atomic mass is 16.3. The standard InChI is InChI=1S/C7H13NO/c1-3-5-7(4-2)8-6-9/h3-5,8-9H,6H2,1-2H3/b5-3-,7-4+. The molecule has 0 spiro atoms. The quantitative estimate of drug-likeness (QED) is 0.438. The smallest absolute Gasteiger partial charge is 0.113 e. The largest absolute Gasteiger partial charge is 0.377 e. The summed E-state index contributed by atoms with van der Waals surface area (Å²) in [6, 6.07) is 0. The van der Waals surface area contributed by atoms with E-state index in [4.69, 9.17) is 5.11 Å². The fourth-order valence-electron chi connectivity index (χ4n) is 0.528. The molecule has 2 N–H and O–H groups in total. The SMILES string of the molecule is C/C=C\C(=C/C)NCO. The van der Waals surface area contributed by atoms with Crippen LogP contribution in [-0.2, 0) is 0 Å². The maximum atomic E-state index is 8.41. The molecular formula is C7H13NO. The summed E-state index contributed by atoms with van der Waals surface area (Å²) in [6.07, 6.45) is 5.71. The van der Waals surface area contributed by atoms with E-state index in [-0.39, 0.29) is 6.73 Å². The van der Waals surface area contributed by atoms with Gasteiger partial charge in [0.1, 0.15) is 6.73 Å². The minimum absolute atomic E-state index is 0.00991. The molecule has 0 fully saturated rings. The van der Waals surface area contributed by atoms with E-state index in [1.165, 1.54) is 0 Å². The molecule has 0 atom stereocenters. The highest BCUT2D eigenvalue weighted by Gasteiger charge is 1.81. The minimum atomic E-state index is -0.00991. The lowest BCUT2D eigenvalue weighted by molar-refractivity contribution is 0.276. The zero-order valence-corrected chi connectivity index (χ0v) is 5.89. The van der Waals surface area contributed by atoms with Crippen molar-refractivity contribution in [3.05, 3.63) is 23.9 Å². The van der Waals surface area contributed by atoms with Crippen molar-refractivity contribution in [2.24, 2.45) is 0 Å². The highest BCUT2D eigenvalue weighted by molar-refractivity contribution is 5.14. The van der Waals surface area contributed by atoms with E-state index in [1.54, 1.807) is 0 Å². The van der Waals surface area contributed by atoms with Gasteiger partial charge in [0.05, 0.1) is 0 Å². The molecule has 0 aliphatic carbocycles. The minimum Gasteiger partial charge on any atom is -0.377 e. The summed E-state index contributed by atoms with van der Waals surface area (Å²) in [5, 5.41) is 11.2. The molecule has 0 aliphatic heterocycles. The summed E-state index contributed by atoms with van der Waals surface area (Å²) in [5.41, 5.74) is 0.944. The van der Waals surface area contributed by atoms with Gasteiger partial charge in [-0.2, -0.15) is 0 Å². The van der Waals surface area contributed by atoms with Gasteiger partial charge in [0, 0.05) is 5.70 Å². The summed E-state index contributed by atoms with van der Waals surface area (Å²) in [5.74, 6) is 0. The monoisotopic (exact) mass is 127 g/mol. The lowest BCUT2D eigenvalue weighted by atomic mass is 10.4. The van der Waals surface area contributed by atoms with E-state index in [0.29, 0.717) is 0 Å². The first kappa shape index (κ1) is 8.24. The Morgan fingerprint density at radius 2 is 2.22 bits per heavy atom. The van der Waals surface area contributed by atoms with Gasteiger partial charge in [0.2, 0.25) is 0 Å². The Balaban J connectivity index is 3.70. The van der Waals surface area contributed by atoms with E-state index in [9.17, 15) is 0 Å². The number of allylic oxidation sites excluding steroid dienone is 3. The van der Waals surface area contributed by atoms with Crippen molar-refractivity contribution in [3.8, 4) is 0 Å². The lowest BCUT2D eigenvalue weighted by Gasteiger charge is -1.99. The lowest BCUT2D eigenvalue weighted by Crippen LogP contribution is -2.11. The van der Waals surface area contributed by atoms with Crippen LogP contribution in [0.15, 0.2) is 23.9 Å². The molecule has 0 saturated heterocycles. The van der Waals surface area contributed by atoms with Crippen molar-refractivity contribution in [3.63, 3.8) is 0 Å². The first-order chi connectivity index (χ1) is 4.35. The van der Waals surface area contributed by atoms with Crippen LogP contribution in [-0.4, -0.2) is 11.8 Å². The van der Waals surface area contributed by atoms with Crippen LogP contribution in [0.2, 0.25) is 0 Å². The molecule has 0 aliphatic rings. The van der Waals surface area contributed by atoms with Crippen molar-refractivity contribution < 1.29 is 5.11 Å². The zero-order chi connectivity index (χ0) is 7.11. The number of aliphatic hydroxyl groups excluding tert-OH is 1. The van der Waals surface area contributed by atoms with Crippen LogP contribution in [0, 0.1) is 0 Å². The van der Waals surface area contributed by atoms with Crippen LogP contribution in [0.1, 0.15) is 13.8 Å². The van der Waals surface area contributed by atoms with Crippen LogP contribution in [0.25, 0.3) is 0 Å². The molecule has 2 nitrogen and oxygen atoms in total. The number of rotatable bonds is 3. The maximum absolute atomic E-state index is 8.41. The molecule has 0 bridgehead atoms. The third-order valence-corrected chi connectivity index (χ3v) is 0.940. The summed E-state index contributed by atoms with van der Waals surface area (Å²) >= 11 is 0. The topological polar surface area (TPSA) is 32.3 Å². The van der Waals surface area contributed by atoms with E-state index in [0.717, 1.165) is 5.70 Å². The third kappa shape index (κ3) is 3.79. The molecule has 0 unspecified atom stereocenters. The second-order valence-corrected chi connectivity index (χ2v) is 1.58. The van der Waals surface area contributed by atoms with Crippen LogP contribution in [0.5, 0.6) is 0 Å². The Morgan fingerprint density at radius 3 is 2.56 bits per heavy atom. The van der Waals surface area contributed by atoms with E-state index in [1.807, 2.05) is 32.1 Å². The van der Waals surface area contributed by atoms with Crippen LogP contribution in [0.4, 0.5) is 0 Å². The maximum Gasteiger partial charge on any atom is 0.113 e. The second-order valence-electron chi connectivity index (χ2n) is 1.58. The molecule has 0 amide bonds. The molecule has 9 heavy (non-hydrogen) atoms. The molecule has 0 heterocycles. The van der Waals surface area contributed by atoms with Gasteiger partial charge >= 0.3 is 0 Å². The van der Waals surface area contributed by atoms with Crippen molar-refractivity contribution in [1.29, 1.82) is 0 Å². The normalized spacial score (nSPS) is 12.6. The average Bonchev–Trinajstić information content (AvgIpc) is 1.88. The van der Waals surface area contributed by atoms with E-state index in [2.05, 4.69) is 5.32 Å². The molecule has 0 rings (SSSR count). The second kappa shape index (κ2) is 5.38. The van der Waals surface area contributed by atoms with Crippen molar-refractivity contribution in [1.82, 2.24) is 5.32 Å². The fraction of sp³-hybridized carbons (Fsp3) is 0.429. The molecule has 0 aromatic carbocycles. The summed E-state index contributed by atoms with van der Waals surface area (Å²) < 4.78 is 0. The van der Waals surface area contributed by atoms with Gasteiger partial charge < -0.3 is 10.4 Å². The number of nitrogens with one attached hydrogen (secondary N) is 1. The Labute approximate surface area is 55.9 Å². The summed E-state index contributed by atoms with van der Waals surface area (Å²) in [7, 11) is 0. The number of aliphatic hydroxyl groups is 1. The molecule has 0 saturated carbocycles. The van der Waals surface area contributed by atoms with Gasteiger partial charge in [-0.15, -0.1) is 0 Å². The molecule has 2 heteroatoms. The predicted molar refractivity (Wildman–Crippen MR) is 38.8 cm³/mol. The van der Waals surface area contributed by atoms with Gasteiger partial charge in [0.25, 0.3) is 0 Å². The first-order valence-electron chi connectivity index (χ1n) is 2.99. The molecule has 0 aromatic heterocycles. The average molecular weight is 127 g/mol. The molecule has 0 radical (unpaired) electrons. The van der Waals surface area contributed by atoms with Gasteiger partial charge in [0.15, 0.2) is 0 Å². The summed E-state index contributed by atoms with van der Waals surface area (Å²) in [6.45, 7) is 3.84. The molecule has 0 aromatic rings. The Bertz CT molecular complexity index is 116. The molecular weight excluding hydrogens is 114 g/mol. The fourth-order valence-corrected chi connectivity index (χ4v) is 0.528. The van der Waals surface area contributed by atoms with Crippen molar-refractivity contribution in [2.75, 3.05) is 6.73 Å². The van der Waals surface area contributed by atoms with Gasteiger partial charge in [-0.25, -0.2) is 0 Å². The Morgan fingerprint density at radius 1 is 1.56 bits per heavy atom. The molecule has 52 valence electrons. The van der Waals surface area contributed by atoms with Crippen molar-refractivity contribution in [2.45, 2.75) is 13.8 Å². The van der Waals surface area contributed by atoms with Crippen LogP contribution < -0.4 is 5.32 Å². The van der Waals surface area contributed by atoms with Crippen molar-refractivity contribution >= 4 is 0 Å². The number of hydrogen-bond donors (Lipinski definition) is 2. The van der Waals surface area contributed by atoms with Gasteiger partial charge in [-0.1, -0.05) is 12.2 Å². The Kier molecular flexibility index (Phi) is 4.92.